The molecule has 0 saturated carbocycles. The fraction of sp³-hybridized carbons (Fsp3) is 0.143. The molecule has 18 heavy (non-hydrogen) atoms. The first kappa shape index (κ1) is 13.9. The minimum atomic E-state index is 0.721. The summed E-state index contributed by atoms with van der Waals surface area (Å²) in [4.78, 5) is 0. The van der Waals surface area contributed by atoms with E-state index >= 15 is 0 Å². The van der Waals surface area contributed by atoms with E-state index in [2.05, 4.69) is 62.3 Å². The summed E-state index contributed by atoms with van der Waals surface area (Å²) in [5.41, 5.74) is 3.52. The van der Waals surface area contributed by atoms with Gasteiger partial charge in [-0.05, 0) is 58.2 Å². The number of anilines is 1. The monoisotopic (exact) mass is 387 g/mol. The fourth-order valence-corrected chi connectivity index (χ4v) is 2.48. The second-order valence-electron chi connectivity index (χ2n) is 4.07. The summed E-state index contributed by atoms with van der Waals surface area (Å²) in [6, 6.07) is 12.2. The number of halogens is 3. The predicted molar refractivity (Wildman–Crippen MR) is 85.4 cm³/mol. The van der Waals surface area contributed by atoms with Gasteiger partial charge in [0.15, 0.2) is 0 Å². The average molecular weight is 390 g/mol. The summed E-state index contributed by atoms with van der Waals surface area (Å²) >= 11 is 12.9. The first-order valence-corrected chi connectivity index (χ1v) is 7.46. The molecular formula is C14H12Br2ClN. The minimum absolute atomic E-state index is 0.721. The maximum Gasteiger partial charge on any atom is 0.0549 e. The first-order chi connectivity index (χ1) is 8.56. The van der Waals surface area contributed by atoms with E-state index in [1.165, 1.54) is 11.1 Å². The lowest BCUT2D eigenvalue weighted by molar-refractivity contribution is 1.14. The summed E-state index contributed by atoms with van der Waals surface area (Å²) in [6.45, 7) is 2.87. The van der Waals surface area contributed by atoms with Gasteiger partial charge >= 0.3 is 0 Å². The fourth-order valence-electron chi connectivity index (χ4n) is 1.56. The number of hydrogen-bond acceptors (Lipinski definition) is 1. The predicted octanol–water partition coefficient (Wildman–Crippen LogP) is 5.79. The van der Waals surface area contributed by atoms with Crippen molar-refractivity contribution in [2.45, 2.75) is 13.5 Å². The van der Waals surface area contributed by atoms with Crippen LogP contribution in [0.25, 0.3) is 0 Å². The molecule has 0 amide bonds. The van der Waals surface area contributed by atoms with Crippen molar-refractivity contribution in [1.29, 1.82) is 0 Å². The third-order valence-corrected chi connectivity index (χ3v) is 4.72. The molecule has 0 unspecified atom stereocenters. The van der Waals surface area contributed by atoms with Crippen molar-refractivity contribution < 1.29 is 0 Å². The van der Waals surface area contributed by atoms with Crippen molar-refractivity contribution in [1.82, 2.24) is 0 Å². The molecule has 2 aromatic rings. The van der Waals surface area contributed by atoms with Crippen molar-refractivity contribution in [3.05, 3.63) is 61.5 Å². The number of benzene rings is 2. The van der Waals surface area contributed by atoms with Gasteiger partial charge in [-0.1, -0.05) is 39.7 Å². The maximum atomic E-state index is 5.96. The molecular weight excluding hydrogens is 377 g/mol. The second kappa shape index (κ2) is 6.09. The molecule has 0 fully saturated rings. The highest BCUT2D eigenvalue weighted by Gasteiger charge is 2.00. The van der Waals surface area contributed by atoms with E-state index in [-0.39, 0.29) is 0 Å². The molecule has 0 spiro atoms. The Bertz CT molecular complexity index is 518. The average Bonchev–Trinajstić information content (AvgIpc) is 2.35. The highest BCUT2D eigenvalue weighted by atomic mass is 79.9. The van der Waals surface area contributed by atoms with Crippen LogP contribution in [0, 0.1) is 6.92 Å². The van der Waals surface area contributed by atoms with Crippen molar-refractivity contribution >= 4 is 49.1 Å². The molecule has 0 saturated heterocycles. The Morgan fingerprint density at radius 3 is 2.50 bits per heavy atom. The molecule has 1 nitrogen and oxygen atoms in total. The summed E-state index contributed by atoms with van der Waals surface area (Å²) in [6.07, 6.45) is 0. The third kappa shape index (κ3) is 3.50. The van der Waals surface area contributed by atoms with E-state index in [4.69, 9.17) is 11.6 Å². The van der Waals surface area contributed by atoms with Crippen LogP contribution in [0.4, 0.5) is 5.69 Å². The Balaban J connectivity index is 2.06. The van der Waals surface area contributed by atoms with Gasteiger partial charge in [0.25, 0.3) is 0 Å². The smallest absolute Gasteiger partial charge is 0.0549 e. The lowest BCUT2D eigenvalue weighted by Crippen LogP contribution is -1.99. The highest BCUT2D eigenvalue weighted by molar-refractivity contribution is 9.10. The molecule has 1 N–H and O–H groups in total. The van der Waals surface area contributed by atoms with Gasteiger partial charge in [-0.3, -0.25) is 0 Å². The van der Waals surface area contributed by atoms with Gasteiger partial charge in [-0.2, -0.15) is 0 Å². The molecule has 0 aromatic heterocycles. The molecule has 4 heteroatoms. The van der Waals surface area contributed by atoms with Crippen LogP contribution < -0.4 is 5.32 Å². The van der Waals surface area contributed by atoms with Crippen LogP contribution in [0.1, 0.15) is 11.1 Å². The zero-order valence-electron chi connectivity index (χ0n) is 9.81. The number of hydrogen-bond donors (Lipinski definition) is 1. The molecule has 0 bridgehead atoms. The molecule has 0 radical (unpaired) electrons. The van der Waals surface area contributed by atoms with Crippen LogP contribution in [-0.4, -0.2) is 0 Å². The zero-order chi connectivity index (χ0) is 13.1. The van der Waals surface area contributed by atoms with Gasteiger partial charge in [-0.25, -0.2) is 0 Å². The molecule has 94 valence electrons. The largest absolute Gasteiger partial charge is 0.381 e. The highest BCUT2D eigenvalue weighted by Crippen LogP contribution is 2.26. The van der Waals surface area contributed by atoms with E-state index in [1.807, 2.05) is 18.2 Å². The number of aryl methyl sites for hydroxylation is 1. The van der Waals surface area contributed by atoms with Gasteiger partial charge in [0.2, 0.25) is 0 Å². The molecule has 0 atom stereocenters. The molecule has 0 aliphatic carbocycles. The van der Waals surface area contributed by atoms with Crippen molar-refractivity contribution in [3.63, 3.8) is 0 Å². The Morgan fingerprint density at radius 2 is 1.83 bits per heavy atom. The quantitative estimate of drug-likeness (QED) is 0.701. The van der Waals surface area contributed by atoms with Gasteiger partial charge < -0.3 is 5.32 Å². The van der Waals surface area contributed by atoms with Gasteiger partial charge in [0.1, 0.15) is 0 Å². The number of rotatable bonds is 3. The van der Waals surface area contributed by atoms with Crippen LogP contribution in [-0.2, 0) is 6.54 Å². The number of nitrogens with one attached hydrogen (secondary N) is 1. The van der Waals surface area contributed by atoms with Crippen molar-refractivity contribution in [3.8, 4) is 0 Å². The summed E-state index contributed by atoms with van der Waals surface area (Å²) < 4.78 is 2.04. The van der Waals surface area contributed by atoms with Gasteiger partial charge in [0.05, 0.1) is 5.02 Å². The molecule has 2 rings (SSSR count). The normalized spacial score (nSPS) is 10.4. The topological polar surface area (TPSA) is 12.0 Å². The van der Waals surface area contributed by atoms with Crippen LogP contribution in [0.15, 0.2) is 45.3 Å². The Morgan fingerprint density at radius 1 is 1.06 bits per heavy atom. The zero-order valence-corrected chi connectivity index (χ0v) is 13.7. The lowest BCUT2D eigenvalue weighted by Gasteiger charge is -2.09. The van der Waals surface area contributed by atoms with Crippen molar-refractivity contribution in [2.24, 2.45) is 0 Å². The van der Waals surface area contributed by atoms with Crippen LogP contribution in [0.2, 0.25) is 5.02 Å². The molecule has 0 heterocycles. The minimum Gasteiger partial charge on any atom is -0.381 e. The molecule has 0 aliphatic rings. The lowest BCUT2D eigenvalue weighted by atomic mass is 10.1. The van der Waals surface area contributed by atoms with Crippen LogP contribution in [0.5, 0.6) is 0 Å². The molecule has 2 aromatic carbocycles. The van der Waals surface area contributed by atoms with E-state index < -0.39 is 0 Å². The van der Waals surface area contributed by atoms with Crippen LogP contribution >= 0.6 is 43.5 Å². The van der Waals surface area contributed by atoms with Gasteiger partial charge in [-0.15, -0.1) is 0 Å². The van der Waals surface area contributed by atoms with E-state index in [1.54, 1.807) is 0 Å². The van der Waals surface area contributed by atoms with Gasteiger partial charge in [0, 0.05) is 21.2 Å². The Kier molecular flexibility index (Phi) is 4.71. The summed E-state index contributed by atoms with van der Waals surface area (Å²) in [7, 11) is 0. The van der Waals surface area contributed by atoms with E-state index in [0.29, 0.717) is 0 Å². The van der Waals surface area contributed by atoms with E-state index in [9.17, 15) is 0 Å². The first-order valence-electron chi connectivity index (χ1n) is 5.50. The Labute approximate surface area is 129 Å². The van der Waals surface area contributed by atoms with E-state index in [0.717, 1.165) is 26.2 Å². The third-order valence-electron chi connectivity index (χ3n) is 2.65. The van der Waals surface area contributed by atoms with Crippen molar-refractivity contribution in [2.75, 3.05) is 5.32 Å². The SMILES string of the molecule is Cc1ccc(CNc2ccc(Cl)c(Br)c2)cc1Br. The standard InChI is InChI=1S/C14H12Br2ClN/c1-9-2-3-10(6-12(9)15)8-18-11-4-5-14(17)13(16)7-11/h2-7,18H,8H2,1H3. The van der Waals surface area contributed by atoms with Crippen LogP contribution in [0.3, 0.4) is 0 Å². The maximum absolute atomic E-state index is 5.96. The second-order valence-corrected chi connectivity index (χ2v) is 6.18. The summed E-state index contributed by atoms with van der Waals surface area (Å²) in [5.74, 6) is 0. The summed E-state index contributed by atoms with van der Waals surface area (Å²) in [5, 5.41) is 4.09. The molecule has 0 aliphatic heterocycles. The Hall–Kier alpha value is -0.510.